The molecular weight excluding hydrogens is 247 g/mol. The molecule has 2 fully saturated rings. The third-order valence-corrected chi connectivity index (χ3v) is 4.61. The molecule has 2 bridgehead atoms. The number of fused-ring (bicyclic) bond motifs is 2. The largest absolute Gasteiger partial charge is 0.545 e. The summed E-state index contributed by atoms with van der Waals surface area (Å²) in [7, 11) is 0. The van der Waals surface area contributed by atoms with Gasteiger partial charge in [-0.2, -0.15) is 0 Å². The summed E-state index contributed by atoms with van der Waals surface area (Å²) in [4.78, 5) is 10.8. The van der Waals surface area contributed by atoms with E-state index in [-0.39, 0.29) is 16.9 Å². The first-order valence-electron chi connectivity index (χ1n) is 6.68. The van der Waals surface area contributed by atoms with E-state index in [1.807, 2.05) is 6.92 Å². The average molecular weight is 263 g/mol. The standard InChI is InChI=1S/C15H17FO3/c1-15(8-9-2-4-11(15)6-9)19-13-7-10(14(17)18)3-5-12(13)16/h3,5,7,9,11H,2,4,6,8H2,1H3,(H,17,18)/p-1. The van der Waals surface area contributed by atoms with Crippen LogP contribution in [-0.2, 0) is 0 Å². The summed E-state index contributed by atoms with van der Waals surface area (Å²) < 4.78 is 19.6. The van der Waals surface area contributed by atoms with Crippen LogP contribution in [0.4, 0.5) is 4.39 Å². The number of ether oxygens (including phenoxy) is 1. The van der Waals surface area contributed by atoms with Crippen LogP contribution in [0.3, 0.4) is 0 Å². The second-order valence-corrected chi connectivity index (χ2v) is 5.93. The van der Waals surface area contributed by atoms with E-state index in [4.69, 9.17) is 4.74 Å². The molecule has 3 nitrogen and oxygen atoms in total. The van der Waals surface area contributed by atoms with Gasteiger partial charge in [0.15, 0.2) is 11.6 Å². The highest BCUT2D eigenvalue weighted by Gasteiger charge is 2.50. The maximum absolute atomic E-state index is 13.8. The van der Waals surface area contributed by atoms with Crippen molar-refractivity contribution in [3.05, 3.63) is 29.6 Å². The van der Waals surface area contributed by atoms with Crippen LogP contribution in [0.2, 0.25) is 0 Å². The Morgan fingerprint density at radius 3 is 2.84 bits per heavy atom. The van der Waals surface area contributed by atoms with Crippen molar-refractivity contribution in [2.24, 2.45) is 11.8 Å². The van der Waals surface area contributed by atoms with Crippen molar-refractivity contribution in [2.75, 3.05) is 0 Å². The van der Waals surface area contributed by atoms with Gasteiger partial charge in [-0.3, -0.25) is 0 Å². The van der Waals surface area contributed by atoms with Gasteiger partial charge in [0.1, 0.15) is 5.60 Å². The quantitative estimate of drug-likeness (QED) is 0.839. The molecule has 3 unspecified atom stereocenters. The van der Waals surface area contributed by atoms with Crippen LogP contribution in [-0.4, -0.2) is 11.6 Å². The first-order valence-corrected chi connectivity index (χ1v) is 6.68. The summed E-state index contributed by atoms with van der Waals surface area (Å²) >= 11 is 0. The molecule has 102 valence electrons. The van der Waals surface area contributed by atoms with Gasteiger partial charge in [-0.15, -0.1) is 0 Å². The Balaban J connectivity index is 1.87. The van der Waals surface area contributed by atoms with E-state index in [1.54, 1.807) is 0 Å². The Morgan fingerprint density at radius 1 is 1.47 bits per heavy atom. The Hall–Kier alpha value is -1.58. The van der Waals surface area contributed by atoms with Crippen molar-refractivity contribution >= 4 is 5.97 Å². The van der Waals surface area contributed by atoms with Crippen LogP contribution in [0.1, 0.15) is 43.0 Å². The number of hydrogen-bond donors (Lipinski definition) is 0. The molecule has 4 heteroatoms. The molecule has 0 spiro atoms. The third-order valence-electron chi connectivity index (χ3n) is 4.61. The molecule has 1 aromatic carbocycles. The lowest BCUT2D eigenvalue weighted by Gasteiger charge is -2.35. The summed E-state index contributed by atoms with van der Waals surface area (Å²) in [5.41, 5.74) is -0.419. The van der Waals surface area contributed by atoms with E-state index in [0.29, 0.717) is 11.8 Å². The Morgan fingerprint density at radius 2 is 2.26 bits per heavy atom. The molecule has 0 aliphatic heterocycles. The van der Waals surface area contributed by atoms with E-state index in [0.717, 1.165) is 25.3 Å². The van der Waals surface area contributed by atoms with E-state index >= 15 is 0 Å². The molecule has 3 atom stereocenters. The molecule has 3 rings (SSSR count). The predicted molar refractivity (Wildman–Crippen MR) is 65.2 cm³/mol. The SMILES string of the molecule is CC1(Oc2cc(C(=O)[O-])ccc2F)CC2CCC1C2. The molecule has 0 saturated heterocycles. The molecule has 2 aliphatic carbocycles. The minimum absolute atomic E-state index is 0.0248. The normalized spacial score (nSPS) is 32.5. The van der Waals surface area contributed by atoms with Gasteiger partial charge in [-0.05, 0) is 62.6 Å². The van der Waals surface area contributed by atoms with Gasteiger partial charge in [-0.25, -0.2) is 4.39 Å². The van der Waals surface area contributed by atoms with Crippen molar-refractivity contribution < 1.29 is 19.0 Å². The van der Waals surface area contributed by atoms with Crippen molar-refractivity contribution in [3.8, 4) is 5.75 Å². The summed E-state index contributed by atoms with van der Waals surface area (Å²) in [6.45, 7) is 2.00. The minimum Gasteiger partial charge on any atom is -0.545 e. The fourth-order valence-corrected chi connectivity index (χ4v) is 3.64. The molecular formula is C15H16FO3-. The molecule has 19 heavy (non-hydrogen) atoms. The van der Waals surface area contributed by atoms with Gasteiger partial charge in [-0.1, -0.05) is 0 Å². The topological polar surface area (TPSA) is 49.4 Å². The Labute approximate surface area is 111 Å². The molecule has 0 amide bonds. The zero-order chi connectivity index (χ0) is 13.6. The summed E-state index contributed by atoms with van der Waals surface area (Å²) in [6, 6.07) is 3.54. The summed E-state index contributed by atoms with van der Waals surface area (Å²) in [5.74, 6) is -0.695. The van der Waals surface area contributed by atoms with Crippen LogP contribution < -0.4 is 9.84 Å². The average Bonchev–Trinajstić information content (AvgIpc) is 2.91. The minimum atomic E-state index is -1.32. The fourth-order valence-electron chi connectivity index (χ4n) is 3.64. The molecule has 0 aromatic heterocycles. The lowest BCUT2D eigenvalue weighted by Crippen LogP contribution is -2.38. The van der Waals surface area contributed by atoms with Crippen LogP contribution in [0.5, 0.6) is 5.75 Å². The molecule has 0 N–H and O–H groups in total. The summed E-state index contributed by atoms with van der Waals surface area (Å²) in [5, 5.41) is 10.8. The zero-order valence-corrected chi connectivity index (χ0v) is 10.8. The van der Waals surface area contributed by atoms with Crippen LogP contribution >= 0.6 is 0 Å². The van der Waals surface area contributed by atoms with Gasteiger partial charge in [0, 0.05) is 5.56 Å². The Kier molecular flexibility index (Phi) is 2.77. The second-order valence-electron chi connectivity index (χ2n) is 5.93. The number of carbonyl (C=O) groups excluding carboxylic acids is 1. The Bertz CT molecular complexity index is 528. The van der Waals surface area contributed by atoms with E-state index in [9.17, 15) is 14.3 Å². The number of carboxylic acids is 1. The first-order chi connectivity index (χ1) is 8.98. The zero-order valence-electron chi connectivity index (χ0n) is 10.8. The maximum atomic E-state index is 13.8. The fraction of sp³-hybridized carbons (Fsp3) is 0.533. The predicted octanol–water partition coefficient (Wildman–Crippen LogP) is 2.15. The van der Waals surface area contributed by atoms with Gasteiger partial charge in [0.2, 0.25) is 0 Å². The van der Waals surface area contributed by atoms with Crippen LogP contribution in [0, 0.1) is 17.7 Å². The first kappa shape index (κ1) is 12.5. The third kappa shape index (κ3) is 2.09. The number of hydrogen-bond acceptors (Lipinski definition) is 3. The molecule has 2 aliphatic rings. The van der Waals surface area contributed by atoms with E-state index in [1.165, 1.54) is 18.6 Å². The number of carboxylic acid groups (broad SMARTS) is 1. The smallest absolute Gasteiger partial charge is 0.165 e. The molecule has 2 saturated carbocycles. The van der Waals surface area contributed by atoms with Crippen molar-refractivity contribution in [1.82, 2.24) is 0 Å². The van der Waals surface area contributed by atoms with Gasteiger partial charge in [0.25, 0.3) is 0 Å². The number of halogens is 1. The van der Waals surface area contributed by atoms with Crippen molar-refractivity contribution in [1.29, 1.82) is 0 Å². The number of benzene rings is 1. The van der Waals surface area contributed by atoms with Gasteiger partial charge < -0.3 is 14.6 Å². The summed E-state index contributed by atoms with van der Waals surface area (Å²) in [6.07, 6.45) is 4.40. The maximum Gasteiger partial charge on any atom is 0.165 e. The molecule has 0 radical (unpaired) electrons. The number of carbonyl (C=O) groups is 1. The number of aromatic carboxylic acids is 1. The molecule has 1 aromatic rings. The monoisotopic (exact) mass is 263 g/mol. The second kappa shape index (κ2) is 4.22. The molecule has 0 heterocycles. The van der Waals surface area contributed by atoms with Crippen LogP contribution in [0.25, 0.3) is 0 Å². The van der Waals surface area contributed by atoms with E-state index in [2.05, 4.69) is 0 Å². The van der Waals surface area contributed by atoms with Crippen LogP contribution in [0.15, 0.2) is 18.2 Å². The van der Waals surface area contributed by atoms with Crippen molar-refractivity contribution in [3.63, 3.8) is 0 Å². The highest BCUT2D eigenvalue weighted by atomic mass is 19.1. The van der Waals surface area contributed by atoms with E-state index < -0.39 is 11.8 Å². The lowest BCUT2D eigenvalue weighted by molar-refractivity contribution is -0.255. The van der Waals surface area contributed by atoms with Gasteiger partial charge in [0.05, 0.1) is 5.97 Å². The van der Waals surface area contributed by atoms with Gasteiger partial charge >= 0.3 is 0 Å². The highest BCUT2D eigenvalue weighted by molar-refractivity contribution is 5.86. The highest BCUT2D eigenvalue weighted by Crippen LogP contribution is 2.52. The number of rotatable bonds is 3. The van der Waals surface area contributed by atoms with Crippen molar-refractivity contribution in [2.45, 2.75) is 38.2 Å². The lowest BCUT2D eigenvalue weighted by atomic mass is 9.85.